The van der Waals surface area contributed by atoms with Gasteiger partial charge in [0.05, 0.1) is 16.9 Å². The van der Waals surface area contributed by atoms with E-state index in [4.69, 9.17) is 22.1 Å². The molecule has 0 amide bonds. The lowest BCUT2D eigenvalue weighted by Crippen LogP contribution is -2.22. The first-order chi connectivity index (χ1) is 14.7. The first-order valence-electron chi connectivity index (χ1n) is 9.83. The molecule has 3 aromatic rings. The molecule has 7 nitrogen and oxygen atoms in total. The largest absolute Gasteiger partial charge is 0.404 e. The molecular weight excluding hydrogens is 435 g/mol. The number of hydrogen-bond acceptors (Lipinski definition) is 6. The Kier molecular flexibility index (Phi) is 7.19. The zero-order valence-electron chi connectivity index (χ0n) is 18.1. The van der Waals surface area contributed by atoms with E-state index in [0.717, 1.165) is 6.04 Å². The average molecular weight is 461 g/mol. The summed E-state index contributed by atoms with van der Waals surface area (Å²) in [6, 6.07) is 5.75. The Morgan fingerprint density at radius 2 is 2.06 bits per heavy atom. The number of nitrogens with two attached hydrogens (primary N) is 1. The maximum Gasteiger partial charge on any atom is 0.140 e. The van der Waals surface area contributed by atoms with E-state index < -0.39 is 13.9 Å². The van der Waals surface area contributed by atoms with Crippen molar-refractivity contribution >= 4 is 42.4 Å². The number of halogens is 2. The fourth-order valence-corrected chi connectivity index (χ4v) is 3.98. The smallest absolute Gasteiger partial charge is 0.140 e. The van der Waals surface area contributed by atoms with Crippen LogP contribution in [0.3, 0.4) is 0 Å². The Morgan fingerprint density at radius 3 is 2.71 bits per heavy atom. The molecule has 164 valence electrons. The van der Waals surface area contributed by atoms with Crippen LogP contribution in [0.2, 0.25) is 30.8 Å². The van der Waals surface area contributed by atoms with Crippen molar-refractivity contribution in [2.24, 2.45) is 10.7 Å². The van der Waals surface area contributed by atoms with Gasteiger partial charge in [-0.15, -0.1) is 0 Å². The third kappa shape index (κ3) is 5.55. The van der Waals surface area contributed by atoms with Crippen molar-refractivity contribution in [3.8, 4) is 11.4 Å². The van der Waals surface area contributed by atoms with E-state index >= 15 is 0 Å². The molecule has 0 saturated carbocycles. The highest BCUT2D eigenvalue weighted by atomic mass is 35.5. The number of aliphatic imine (C=N–C) groups is 1. The molecule has 0 radical (unpaired) electrons. The number of fused-ring (bicyclic) bond motifs is 1. The van der Waals surface area contributed by atoms with Gasteiger partial charge in [-0.25, -0.2) is 19.0 Å². The van der Waals surface area contributed by atoms with Crippen LogP contribution < -0.4 is 5.73 Å². The number of rotatable bonds is 8. The van der Waals surface area contributed by atoms with Crippen LogP contribution in [0.25, 0.3) is 27.9 Å². The van der Waals surface area contributed by atoms with E-state index in [1.165, 1.54) is 24.8 Å². The van der Waals surface area contributed by atoms with Crippen LogP contribution >= 0.6 is 11.6 Å². The predicted octanol–water partition coefficient (Wildman–Crippen LogP) is 4.60. The maximum absolute atomic E-state index is 14.8. The Balaban J connectivity index is 2.11. The minimum absolute atomic E-state index is 0.211. The van der Waals surface area contributed by atoms with Crippen molar-refractivity contribution in [3.63, 3.8) is 0 Å². The molecule has 3 rings (SSSR count). The van der Waals surface area contributed by atoms with Gasteiger partial charge in [-0.05, 0) is 12.1 Å². The quantitative estimate of drug-likeness (QED) is 0.229. The first-order valence-corrected chi connectivity index (χ1v) is 13.9. The predicted molar refractivity (Wildman–Crippen MR) is 126 cm³/mol. The molecule has 1 aromatic carbocycles. The second-order valence-corrected chi connectivity index (χ2v) is 14.3. The normalized spacial score (nSPS) is 12.9. The third-order valence-electron chi connectivity index (χ3n) is 4.67. The molecular formula is C21H26ClFN6OSi. The topological polar surface area (TPSA) is 91.2 Å². The molecule has 0 saturated heterocycles. The van der Waals surface area contributed by atoms with Crippen molar-refractivity contribution in [1.29, 1.82) is 0 Å². The first kappa shape index (κ1) is 23.0. The van der Waals surface area contributed by atoms with E-state index in [1.807, 2.05) is 0 Å². The van der Waals surface area contributed by atoms with Gasteiger partial charge in [0.1, 0.15) is 24.0 Å². The van der Waals surface area contributed by atoms with Crippen LogP contribution in [-0.4, -0.2) is 47.7 Å². The van der Waals surface area contributed by atoms with Gasteiger partial charge in [0.2, 0.25) is 0 Å². The summed E-state index contributed by atoms with van der Waals surface area (Å²) in [4.78, 5) is 12.3. The van der Waals surface area contributed by atoms with E-state index in [-0.39, 0.29) is 6.73 Å². The summed E-state index contributed by atoms with van der Waals surface area (Å²) in [5.74, 6) is -0.444. The molecule has 0 unspecified atom stereocenters. The summed E-state index contributed by atoms with van der Waals surface area (Å²) in [5.41, 5.74) is 8.19. The molecule has 0 aliphatic heterocycles. The van der Waals surface area contributed by atoms with Crippen molar-refractivity contribution < 1.29 is 9.13 Å². The zero-order chi connectivity index (χ0) is 22.6. The fourth-order valence-electron chi connectivity index (χ4n) is 3.07. The van der Waals surface area contributed by atoms with Gasteiger partial charge in [0, 0.05) is 62.8 Å². The van der Waals surface area contributed by atoms with Gasteiger partial charge in [-0.3, -0.25) is 4.99 Å². The standard InChI is InChI=1S/C21H26ClFN6OSi/c1-25-11-14(10-24)15-7-16-18(8-17(15)23)28-29(13-30-5-6-31(2,3)4)21(16)19-9-20(22)27-12-26-19/h7-12H,5-6,13,24H2,1-4H3. The van der Waals surface area contributed by atoms with Gasteiger partial charge in [-0.2, -0.15) is 5.10 Å². The molecule has 10 heteroatoms. The summed E-state index contributed by atoms with van der Waals surface area (Å²) in [7, 11) is 0.377. The lowest BCUT2D eigenvalue weighted by Gasteiger charge is -2.15. The molecule has 0 spiro atoms. The lowest BCUT2D eigenvalue weighted by molar-refractivity contribution is 0.0802. The minimum Gasteiger partial charge on any atom is -0.404 e. The third-order valence-corrected chi connectivity index (χ3v) is 6.58. The molecule has 0 aliphatic rings. The second-order valence-electron chi connectivity index (χ2n) is 8.28. The van der Waals surface area contributed by atoms with Gasteiger partial charge >= 0.3 is 0 Å². The van der Waals surface area contributed by atoms with Crippen LogP contribution in [0.1, 0.15) is 5.56 Å². The molecule has 0 atom stereocenters. The van der Waals surface area contributed by atoms with Crippen molar-refractivity contribution in [1.82, 2.24) is 19.7 Å². The SMILES string of the molecule is CN=CC(=CN)c1cc2c(-c3cc(Cl)ncn3)n(COCC[Si](C)(C)C)nc2cc1F. The second kappa shape index (κ2) is 9.67. The number of nitrogens with zero attached hydrogens (tertiary/aromatic N) is 5. The van der Waals surface area contributed by atoms with Crippen LogP contribution in [-0.2, 0) is 11.5 Å². The highest BCUT2D eigenvalue weighted by molar-refractivity contribution is 6.76. The summed E-state index contributed by atoms with van der Waals surface area (Å²) in [5, 5.41) is 5.56. The molecule has 0 bridgehead atoms. The van der Waals surface area contributed by atoms with E-state index in [9.17, 15) is 4.39 Å². The van der Waals surface area contributed by atoms with Gasteiger partial charge in [-0.1, -0.05) is 31.2 Å². The number of hydrogen-bond donors (Lipinski definition) is 1. The Hall–Kier alpha value is -2.62. The molecule has 0 aliphatic carbocycles. The van der Waals surface area contributed by atoms with Gasteiger partial charge in [0.25, 0.3) is 0 Å². The Labute approximate surface area is 186 Å². The summed E-state index contributed by atoms with van der Waals surface area (Å²) >= 11 is 6.10. The van der Waals surface area contributed by atoms with E-state index in [1.54, 1.807) is 23.9 Å². The molecule has 0 fully saturated rings. The highest BCUT2D eigenvalue weighted by Crippen LogP contribution is 2.32. The highest BCUT2D eigenvalue weighted by Gasteiger charge is 2.19. The monoisotopic (exact) mass is 460 g/mol. The molecule has 2 aromatic heterocycles. The van der Waals surface area contributed by atoms with Crippen molar-refractivity contribution in [3.05, 3.63) is 47.3 Å². The lowest BCUT2D eigenvalue weighted by atomic mass is 10.0. The molecule has 2 N–H and O–H groups in total. The summed E-state index contributed by atoms with van der Waals surface area (Å²) in [6.07, 6.45) is 4.21. The van der Waals surface area contributed by atoms with Crippen molar-refractivity contribution in [2.75, 3.05) is 13.7 Å². The Bertz CT molecular complexity index is 1140. The van der Waals surface area contributed by atoms with E-state index in [0.29, 0.717) is 45.2 Å². The fraction of sp³-hybridized carbons (Fsp3) is 0.333. The van der Waals surface area contributed by atoms with Crippen LogP contribution in [0.4, 0.5) is 4.39 Å². The van der Waals surface area contributed by atoms with Gasteiger partial charge in [0.15, 0.2) is 0 Å². The number of allylic oxidation sites excluding steroid dienone is 1. The van der Waals surface area contributed by atoms with Crippen molar-refractivity contribution in [2.45, 2.75) is 32.4 Å². The minimum atomic E-state index is -1.22. The summed E-state index contributed by atoms with van der Waals surface area (Å²) < 4.78 is 22.4. The molecule has 2 heterocycles. The molecule has 31 heavy (non-hydrogen) atoms. The van der Waals surface area contributed by atoms with E-state index in [2.05, 4.69) is 39.7 Å². The maximum atomic E-state index is 14.8. The average Bonchev–Trinajstić information content (AvgIpc) is 3.05. The number of benzene rings is 1. The van der Waals surface area contributed by atoms with Gasteiger partial charge < -0.3 is 10.5 Å². The number of ether oxygens (including phenoxy) is 1. The van der Waals surface area contributed by atoms with Crippen LogP contribution in [0.15, 0.2) is 35.7 Å². The zero-order valence-corrected chi connectivity index (χ0v) is 19.8. The Morgan fingerprint density at radius 1 is 1.29 bits per heavy atom. The summed E-state index contributed by atoms with van der Waals surface area (Å²) in [6.45, 7) is 7.71. The number of aromatic nitrogens is 4. The van der Waals surface area contributed by atoms with Crippen LogP contribution in [0.5, 0.6) is 0 Å². The van der Waals surface area contributed by atoms with Crippen LogP contribution in [0, 0.1) is 5.82 Å².